The van der Waals surface area contributed by atoms with Crippen LogP contribution < -0.4 is 24.6 Å². The summed E-state index contributed by atoms with van der Waals surface area (Å²) in [5, 5.41) is 3.39. The van der Waals surface area contributed by atoms with E-state index in [9.17, 15) is 4.79 Å². The second-order valence-electron chi connectivity index (χ2n) is 10.8. The maximum absolute atomic E-state index is 15.1. The highest BCUT2D eigenvalue weighted by atomic mass is 19.1. The van der Waals surface area contributed by atoms with E-state index in [2.05, 4.69) is 29.3 Å². The normalized spacial score (nSPS) is 19.0. The molecule has 1 fully saturated rings. The van der Waals surface area contributed by atoms with Gasteiger partial charge in [-0.2, -0.15) is 0 Å². The highest BCUT2D eigenvalue weighted by Gasteiger charge is 2.39. The molecule has 40 heavy (non-hydrogen) atoms. The van der Waals surface area contributed by atoms with Crippen molar-refractivity contribution in [3.05, 3.63) is 71.2 Å². The number of carbonyl (C=O) groups is 1. The van der Waals surface area contributed by atoms with Crippen LogP contribution in [0.4, 0.5) is 26.4 Å². The number of benzene rings is 2. The topological polar surface area (TPSA) is 70.2 Å². The van der Waals surface area contributed by atoms with Crippen molar-refractivity contribution in [1.29, 1.82) is 0 Å². The molecule has 0 radical (unpaired) electrons. The third-order valence-corrected chi connectivity index (χ3v) is 8.16. The molecule has 1 aliphatic carbocycles. The number of ether oxygens (including phenoxy) is 2. The van der Waals surface area contributed by atoms with Gasteiger partial charge < -0.3 is 19.7 Å². The Hall–Kier alpha value is -3.85. The maximum atomic E-state index is 15.1. The third kappa shape index (κ3) is 5.43. The Kier molecular flexibility index (Phi) is 8.12. The molecule has 1 saturated carbocycles. The number of aryl methyl sites for hydroxylation is 1. The number of rotatable bonds is 8. The molecule has 1 aliphatic heterocycles. The van der Waals surface area contributed by atoms with Gasteiger partial charge in [0.25, 0.3) is 0 Å². The van der Waals surface area contributed by atoms with Crippen LogP contribution in [0.15, 0.2) is 48.7 Å². The Labute approximate surface area is 235 Å². The molecule has 1 N–H and O–H groups in total. The number of nitrogens with one attached hydrogen (secondary N) is 1. The van der Waals surface area contributed by atoms with Crippen LogP contribution in [-0.2, 0) is 13.1 Å². The molecule has 0 atom stereocenters. The lowest BCUT2D eigenvalue weighted by atomic mass is 9.88. The standard InChI is InChI=1S/C31H38FN5O3/c1-20-7-6-8-26(32)30(20)36-19-22-18-34-29(33-17-21-9-14-25(39-4)15-28(21)40-5)16-27(22)37(31(36)38)24-12-10-23(11-13-24)35(2)3/h6-9,14-16,18,23-24H,10-13,17,19H2,1-5H3,(H,33,34). The molecule has 0 spiro atoms. The van der Waals surface area contributed by atoms with Crippen molar-refractivity contribution in [2.75, 3.05) is 43.4 Å². The van der Waals surface area contributed by atoms with Gasteiger partial charge in [-0.15, -0.1) is 0 Å². The van der Waals surface area contributed by atoms with Crippen molar-refractivity contribution in [2.24, 2.45) is 0 Å². The second kappa shape index (κ2) is 11.7. The van der Waals surface area contributed by atoms with Crippen LogP contribution in [0.1, 0.15) is 42.4 Å². The van der Waals surface area contributed by atoms with Gasteiger partial charge in [-0.1, -0.05) is 12.1 Å². The summed E-state index contributed by atoms with van der Waals surface area (Å²) in [4.78, 5) is 24.5. The van der Waals surface area contributed by atoms with Crippen molar-refractivity contribution < 1.29 is 18.7 Å². The highest BCUT2D eigenvalue weighted by Crippen LogP contribution is 2.39. The molecule has 2 amide bonds. The van der Waals surface area contributed by atoms with E-state index in [-0.39, 0.29) is 18.6 Å². The fourth-order valence-corrected chi connectivity index (χ4v) is 5.90. The Balaban J connectivity index is 1.47. The zero-order valence-corrected chi connectivity index (χ0v) is 23.9. The first-order valence-electron chi connectivity index (χ1n) is 13.8. The quantitative estimate of drug-likeness (QED) is 0.374. The van der Waals surface area contributed by atoms with Crippen LogP contribution in [0.2, 0.25) is 0 Å². The van der Waals surface area contributed by atoms with Crippen molar-refractivity contribution in [3.8, 4) is 11.5 Å². The number of fused-ring (bicyclic) bond motifs is 1. The molecule has 0 unspecified atom stereocenters. The van der Waals surface area contributed by atoms with E-state index in [4.69, 9.17) is 9.47 Å². The zero-order valence-electron chi connectivity index (χ0n) is 23.9. The molecule has 0 saturated heterocycles. The molecule has 8 nitrogen and oxygen atoms in total. The molecule has 2 aliphatic rings. The van der Waals surface area contributed by atoms with Crippen LogP contribution in [0.3, 0.4) is 0 Å². The fraction of sp³-hybridized carbons (Fsp3) is 0.419. The molecular weight excluding hydrogens is 509 g/mol. The fourth-order valence-electron chi connectivity index (χ4n) is 5.90. The minimum atomic E-state index is -0.396. The minimum Gasteiger partial charge on any atom is -0.497 e. The third-order valence-electron chi connectivity index (χ3n) is 8.16. The number of anilines is 3. The van der Waals surface area contributed by atoms with E-state index >= 15 is 4.39 Å². The summed E-state index contributed by atoms with van der Waals surface area (Å²) in [5.74, 6) is 1.70. The molecule has 9 heteroatoms. The predicted octanol–water partition coefficient (Wildman–Crippen LogP) is 5.98. The number of carbonyl (C=O) groups excluding carboxylic acids is 1. The van der Waals surface area contributed by atoms with Crippen molar-refractivity contribution in [3.63, 3.8) is 0 Å². The minimum absolute atomic E-state index is 0.0225. The van der Waals surface area contributed by atoms with Crippen LogP contribution in [0, 0.1) is 12.7 Å². The molecule has 2 heterocycles. The zero-order chi connectivity index (χ0) is 28.4. The summed E-state index contributed by atoms with van der Waals surface area (Å²) in [7, 11) is 7.47. The van der Waals surface area contributed by atoms with Crippen molar-refractivity contribution in [2.45, 2.75) is 57.8 Å². The smallest absolute Gasteiger partial charge is 0.329 e. The van der Waals surface area contributed by atoms with Gasteiger partial charge in [0.1, 0.15) is 23.1 Å². The Bertz CT molecular complexity index is 1350. The molecule has 5 rings (SSSR count). The molecule has 212 valence electrons. The van der Waals surface area contributed by atoms with Gasteiger partial charge in [0.05, 0.1) is 32.1 Å². The van der Waals surface area contributed by atoms with E-state index in [0.717, 1.165) is 59.6 Å². The summed E-state index contributed by atoms with van der Waals surface area (Å²) in [6.07, 6.45) is 5.57. The van der Waals surface area contributed by atoms with Crippen molar-refractivity contribution in [1.82, 2.24) is 9.88 Å². The number of aromatic nitrogens is 1. The highest BCUT2D eigenvalue weighted by molar-refractivity contribution is 6.07. The van der Waals surface area contributed by atoms with Gasteiger partial charge in [-0.25, -0.2) is 14.2 Å². The average Bonchev–Trinajstić information content (AvgIpc) is 2.96. The lowest BCUT2D eigenvalue weighted by Crippen LogP contribution is -2.54. The molecular formula is C31H38FN5O3. The van der Waals surface area contributed by atoms with Gasteiger partial charge in [0, 0.05) is 48.1 Å². The number of pyridine rings is 1. The van der Waals surface area contributed by atoms with Gasteiger partial charge in [0.15, 0.2) is 0 Å². The molecule has 0 bridgehead atoms. The number of para-hydroxylation sites is 1. The van der Waals surface area contributed by atoms with E-state index in [1.165, 1.54) is 6.07 Å². The Morgan fingerprint density at radius 3 is 2.52 bits per heavy atom. The largest absolute Gasteiger partial charge is 0.497 e. The van der Waals surface area contributed by atoms with Gasteiger partial charge >= 0.3 is 6.03 Å². The first-order chi connectivity index (χ1) is 19.3. The summed E-state index contributed by atoms with van der Waals surface area (Å²) >= 11 is 0. The van der Waals surface area contributed by atoms with E-state index in [0.29, 0.717) is 24.1 Å². The summed E-state index contributed by atoms with van der Waals surface area (Å²) < 4.78 is 25.9. The Morgan fingerprint density at radius 2 is 1.85 bits per heavy atom. The number of hydrogen-bond acceptors (Lipinski definition) is 6. The summed E-state index contributed by atoms with van der Waals surface area (Å²) in [6.45, 7) is 2.59. The number of amides is 2. The number of urea groups is 1. The maximum Gasteiger partial charge on any atom is 0.329 e. The summed E-state index contributed by atoms with van der Waals surface area (Å²) in [5.41, 5.74) is 3.75. The Morgan fingerprint density at radius 1 is 1.07 bits per heavy atom. The summed E-state index contributed by atoms with van der Waals surface area (Å²) in [6, 6.07) is 12.9. The van der Waals surface area contributed by atoms with E-state index in [1.807, 2.05) is 42.2 Å². The van der Waals surface area contributed by atoms with Crippen molar-refractivity contribution >= 4 is 23.2 Å². The molecule has 3 aromatic rings. The number of nitrogens with zero attached hydrogens (tertiary/aromatic N) is 4. The monoisotopic (exact) mass is 547 g/mol. The predicted molar refractivity (Wildman–Crippen MR) is 156 cm³/mol. The van der Waals surface area contributed by atoms with Crippen LogP contribution in [0.25, 0.3) is 0 Å². The van der Waals surface area contributed by atoms with Gasteiger partial charge in [0.2, 0.25) is 0 Å². The lowest BCUT2D eigenvalue weighted by molar-refractivity contribution is 0.209. The first-order valence-corrected chi connectivity index (χ1v) is 13.8. The molecule has 1 aromatic heterocycles. The van der Waals surface area contributed by atoms with Gasteiger partial charge in [-0.3, -0.25) is 9.80 Å². The number of halogens is 1. The van der Waals surface area contributed by atoms with Crippen LogP contribution >= 0.6 is 0 Å². The second-order valence-corrected chi connectivity index (χ2v) is 10.8. The van der Waals surface area contributed by atoms with E-state index in [1.54, 1.807) is 31.4 Å². The van der Waals surface area contributed by atoms with Crippen LogP contribution in [-0.4, -0.2) is 56.3 Å². The van der Waals surface area contributed by atoms with E-state index < -0.39 is 5.82 Å². The lowest BCUT2D eigenvalue weighted by Gasteiger charge is -2.44. The SMILES string of the molecule is COc1ccc(CNc2cc3c(cn2)CN(c2c(C)cccc2F)C(=O)N3C2CCC(N(C)C)CC2)c(OC)c1. The molecule has 2 aromatic carbocycles. The van der Waals surface area contributed by atoms with Gasteiger partial charge in [-0.05, 0) is 70.5 Å². The first kappa shape index (κ1) is 27.7. The average molecular weight is 548 g/mol. The number of methoxy groups -OCH3 is 2. The number of hydrogen-bond donors (Lipinski definition) is 1. The van der Waals surface area contributed by atoms with Crippen LogP contribution in [0.5, 0.6) is 11.5 Å².